The van der Waals surface area contributed by atoms with E-state index in [2.05, 4.69) is 6.92 Å². The second-order valence-electron chi connectivity index (χ2n) is 5.65. The maximum absolute atomic E-state index is 12.5. The summed E-state index contributed by atoms with van der Waals surface area (Å²) in [5, 5.41) is 9.11. The zero-order chi connectivity index (χ0) is 13.1. The summed E-state index contributed by atoms with van der Waals surface area (Å²) >= 11 is 0. The van der Waals surface area contributed by atoms with E-state index in [1.807, 2.05) is 4.90 Å². The molecule has 2 fully saturated rings. The summed E-state index contributed by atoms with van der Waals surface area (Å²) in [6, 6.07) is -0.0101. The van der Waals surface area contributed by atoms with Crippen LogP contribution in [0.2, 0.25) is 0 Å². The Morgan fingerprint density at radius 2 is 2.28 bits per heavy atom. The number of carbonyl (C=O) groups excluding carboxylic acids is 1. The van der Waals surface area contributed by atoms with Gasteiger partial charge in [-0.05, 0) is 25.2 Å². The van der Waals surface area contributed by atoms with Crippen molar-refractivity contribution in [3.05, 3.63) is 0 Å². The molecule has 0 radical (unpaired) electrons. The molecule has 1 aliphatic heterocycles. The first-order valence-electron chi connectivity index (χ1n) is 6.88. The van der Waals surface area contributed by atoms with Gasteiger partial charge in [-0.15, -0.1) is 0 Å². The van der Waals surface area contributed by atoms with Gasteiger partial charge in [-0.2, -0.15) is 0 Å². The SMILES string of the molecule is CC1CCC(N)C(C(=O)N2CCOC(CO)C2)C1. The maximum Gasteiger partial charge on any atom is 0.227 e. The van der Waals surface area contributed by atoms with Gasteiger partial charge in [0, 0.05) is 19.1 Å². The summed E-state index contributed by atoms with van der Waals surface area (Å²) < 4.78 is 5.37. The van der Waals surface area contributed by atoms with Gasteiger partial charge in [0.15, 0.2) is 0 Å². The molecule has 0 bridgehead atoms. The van der Waals surface area contributed by atoms with E-state index in [1.165, 1.54) is 0 Å². The number of nitrogens with zero attached hydrogens (tertiary/aromatic N) is 1. The molecule has 1 amide bonds. The second kappa shape index (κ2) is 5.99. The fourth-order valence-electron chi connectivity index (χ4n) is 2.95. The van der Waals surface area contributed by atoms with Crippen molar-refractivity contribution in [2.24, 2.45) is 17.6 Å². The summed E-state index contributed by atoms with van der Waals surface area (Å²) in [6.07, 6.45) is 2.71. The van der Waals surface area contributed by atoms with Crippen LogP contribution < -0.4 is 5.73 Å². The smallest absolute Gasteiger partial charge is 0.227 e. The lowest BCUT2D eigenvalue weighted by Gasteiger charge is -2.38. The lowest BCUT2D eigenvalue weighted by molar-refractivity contribution is -0.146. The van der Waals surface area contributed by atoms with Crippen molar-refractivity contribution in [2.75, 3.05) is 26.3 Å². The largest absolute Gasteiger partial charge is 0.394 e. The van der Waals surface area contributed by atoms with E-state index in [-0.39, 0.29) is 30.6 Å². The molecule has 4 unspecified atom stereocenters. The number of hydrogen-bond acceptors (Lipinski definition) is 4. The zero-order valence-electron chi connectivity index (χ0n) is 11.0. The highest BCUT2D eigenvalue weighted by atomic mass is 16.5. The average molecular weight is 256 g/mol. The van der Waals surface area contributed by atoms with Gasteiger partial charge in [0.05, 0.1) is 25.2 Å². The fourth-order valence-corrected chi connectivity index (χ4v) is 2.95. The number of morpholine rings is 1. The topological polar surface area (TPSA) is 75.8 Å². The first-order chi connectivity index (χ1) is 8.61. The molecule has 3 N–H and O–H groups in total. The molecule has 2 aliphatic rings. The number of hydrogen-bond donors (Lipinski definition) is 2. The molecule has 18 heavy (non-hydrogen) atoms. The molecule has 1 heterocycles. The second-order valence-corrected chi connectivity index (χ2v) is 5.65. The van der Waals surface area contributed by atoms with Gasteiger partial charge in [0.2, 0.25) is 5.91 Å². The Balaban J connectivity index is 1.96. The van der Waals surface area contributed by atoms with Gasteiger partial charge in [-0.3, -0.25) is 4.79 Å². The number of amides is 1. The molecule has 1 saturated heterocycles. The third kappa shape index (κ3) is 3.02. The monoisotopic (exact) mass is 256 g/mol. The van der Waals surface area contributed by atoms with Gasteiger partial charge in [0.25, 0.3) is 0 Å². The van der Waals surface area contributed by atoms with Crippen LogP contribution in [0.1, 0.15) is 26.2 Å². The first-order valence-corrected chi connectivity index (χ1v) is 6.88. The number of nitrogens with two attached hydrogens (primary N) is 1. The minimum absolute atomic E-state index is 0.0101. The van der Waals surface area contributed by atoms with Crippen molar-refractivity contribution in [2.45, 2.75) is 38.3 Å². The molecule has 4 atom stereocenters. The highest BCUT2D eigenvalue weighted by Gasteiger charge is 2.35. The minimum Gasteiger partial charge on any atom is -0.394 e. The molecule has 0 aromatic rings. The predicted octanol–water partition coefficient (Wildman–Crippen LogP) is -0.0304. The van der Waals surface area contributed by atoms with Gasteiger partial charge in [0.1, 0.15) is 0 Å². The van der Waals surface area contributed by atoms with Gasteiger partial charge < -0.3 is 20.5 Å². The molecule has 5 heteroatoms. The Kier molecular flexibility index (Phi) is 4.59. The van der Waals surface area contributed by atoms with Crippen molar-refractivity contribution < 1.29 is 14.6 Å². The molecular weight excluding hydrogens is 232 g/mol. The number of aliphatic hydroxyl groups is 1. The van der Waals surface area contributed by atoms with E-state index in [0.29, 0.717) is 25.6 Å². The lowest BCUT2D eigenvalue weighted by atomic mass is 9.78. The van der Waals surface area contributed by atoms with Crippen LogP contribution in [0, 0.1) is 11.8 Å². The first kappa shape index (κ1) is 13.8. The van der Waals surface area contributed by atoms with Crippen molar-refractivity contribution >= 4 is 5.91 Å². The van der Waals surface area contributed by atoms with E-state index >= 15 is 0 Å². The molecule has 1 saturated carbocycles. The lowest BCUT2D eigenvalue weighted by Crippen LogP contribution is -2.52. The van der Waals surface area contributed by atoms with Crippen LogP contribution in [0.3, 0.4) is 0 Å². The zero-order valence-corrected chi connectivity index (χ0v) is 11.0. The van der Waals surface area contributed by atoms with Crippen LogP contribution in [0.4, 0.5) is 0 Å². The minimum atomic E-state index is -0.236. The average Bonchev–Trinajstić information content (AvgIpc) is 2.41. The Morgan fingerprint density at radius 1 is 1.50 bits per heavy atom. The maximum atomic E-state index is 12.5. The van der Waals surface area contributed by atoms with E-state index in [9.17, 15) is 4.79 Å². The van der Waals surface area contributed by atoms with Crippen LogP contribution in [0.15, 0.2) is 0 Å². The van der Waals surface area contributed by atoms with Crippen molar-refractivity contribution in [1.82, 2.24) is 4.90 Å². The van der Waals surface area contributed by atoms with Crippen molar-refractivity contribution in [1.29, 1.82) is 0 Å². The Morgan fingerprint density at radius 3 is 3.00 bits per heavy atom. The van der Waals surface area contributed by atoms with Crippen molar-refractivity contribution in [3.8, 4) is 0 Å². The Hall–Kier alpha value is -0.650. The number of carbonyl (C=O) groups is 1. The molecule has 2 rings (SSSR count). The van der Waals surface area contributed by atoms with Crippen LogP contribution in [-0.2, 0) is 9.53 Å². The van der Waals surface area contributed by atoms with Crippen molar-refractivity contribution in [3.63, 3.8) is 0 Å². The summed E-state index contributed by atoms with van der Waals surface area (Å²) in [7, 11) is 0. The molecule has 0 aromatic carbocycles. The highest BCUT2D eigenvalue weighted by molar-refractivity contribution is 5.79. The van der Waals surface area contributed by atoms with Crippen LogP contribution >= 0.6 is 0 Å². The normalized spacial score (nSPS) is 37.6. The standard InChI is InChI=1S/C13H24N2O3/c1-9-2-3-12(14)11(6-9)13(17)15-4-5-18-10(7-15)8-16/h9-12,16H,2-8,14H2,1H3. The van der Waals surface area contributed by atoms with E-state index in [1.54, 1.807) is 0 Å². The third-order valence-electron chi connectivity index (χ3n) is 4.14. The van der Waals surface area contributed by atoms with Crippen LogP contribution in [-0.4, -0.2) is 54.4 Å². The molecule has 0 spiro atoms. The van der Waals surface area contributed by atoms with E-state index in [0.717, 1.165) is 19.3 Å². The van der Waals surface area contributed by atoms with Gasteiger partial charge in [-0.1, -0.05) is 6.92 Å². The highest BCUT2D eigenvalue weighted by Crippen LogP contribution is 2.29. The quantitative estimate of drug-likeness (QED) is 0.727. The van der Waals surface area contributed by atoms with E-state index in [4.69, 9.17) is 15.6 Å². The molecular formula is C13H24N2O3. The Bertz CT molecular complexity index is 298. The fraction of sp³-hybridized carbons (Fsp3) is 0.923. The number of rotatable bonds is 2. The molecule has 1 aliphatic carbocycles. The molecule has 0 aromatic heterocycles. The molecule has 104 valence electrons. The summed E-state index contributed by atoms with van der Waals surface area (Å²) in [5.41, 5.74) is 6.09. The summed E-state index contributed by atoms with van der Waals surface area (Å²) in [5.74, 6) is 0.676. The predicted molar refractivity (Wildman–Crippen MR) is 67.9 cm³/mol. The van der Waals surface area contributed by atoms with E-state index < -0.39 is 0 Å². The van der Waals surface area contributed by atoms with Gasteiger partial charge >= 0.3 is 0 Å². The Labute approximate surface area is 108 Å². The van der Waals surface area contributed by atoms with Crippen LogP contribution in [0.5, 0.6) is 0 Å². The number of aliphatic hydroxyl groups excluding tert-OH is 1. The molecule has 5 nitrogen and oxygen atoms in total. The third-order valence-corrected chi connectivity index (χ3v) is 4.14. The van der Waals surface area contributed by atoms with Crippen LogP contribution in [0.25, 0.3) is 0 Å². The number of ether oxygens (including phenoxy) is 1. The summed E-state index contributed by atoms with van der Waals surface area (Å²) in [4.78, 5) is 14.3. The van der Waals surface area contributed by atoms with Gasteiger partial charge in [-0.25, -0.2) is 0 Å². The summed E-state index contributed by atoms with van der Waals surface area (Å²) in [6.45, 7) is 3.77.